The Morgan fingerprint density at radius 3 is 2.82 bits per heavy atom. The molecule has 2 rings (SSSR count). The summed E-state index contributed by atoms with van der Waals surface area (Å²) < 4.78 is 5.56. The van der Waals surface area contributed by atoms with Gasteiger partial charge in [-0.25, -0.2) is 4.98 Å². The number of aliphatic hydroxyl groups excluding tert-OH is 1. The van der Waals surface area contributed by atoms with Gasteiger partial charge in [0.15, 0.2) is 0 Å². The van der Waals surface area contributed by atoms with Gasteiger partial charge >= 0.3 is 0 Å². The molecular weight excluding hydrogens is 214 g/mol. The molecule has 1 atom stereocenters. The van der Waals surface area contributed by atoms with Crippen molar-refractivity contribution >= 4 is 10.9 Å². The lowest BCUT2D eigenvalue weighted by molar-refractivity contribution is 0.200. The first-order valence-electron chi connectivity index (χ1n) is 5.84. The minimum absolute atomic E-state index is 0.504. The Hall–Kier alpha value is -1.61. The minimum Gasteiger partial charge on any atom is -0.492 e. The van der Waals surface area contributed by atoms with E-state index in [1.165, 1.54) is 0 Å². The zero-order valence-corrected chi connectivity index (χ0v) is 10.4. The van der Waals surface area contributed by atoms with Crippen molar-refractivity contribution in [1.82, 2.24) is 4.98 Å². The molecule has 0 bridgehead atoms. The van der Waals surface area contributed by atoms with E-state index in [2.05, 4.69) is 4.98 Å². The number of para-hydroxylation sites is 1. The molecule has 0 saturated carbocycles. The standard InChI is InChI=1S/C14H17NO2/c1-4-17-13-7-5-6-11-12(10(3)16)8-9(2)15-14(11)13/h5-8,10,16H,4H2,1-3H3. The fourth-order valence-electron chi connectivity index (χ4n) is 2.00. The van der Waals surface area contributed by atoms with Crippen molar-refractivity contribution in [2.75, 3.05) is 6.61 Å². The van der Waals surface area contributed by atoms with Crippen LogP contribution in [0.25, 0.3) is 10.9 Å². The highest BCUT2D eigenvalue weighted by Crippen LogP contribution is 2.30. The highest BCUT2D eigenvalue weighted by atomic mass is 16.5. The number of hydrogen-bond donors (Lipinski definition) is 1. The zero-order chi connectivity index (χ0) is 12.4. The third-order valence-corrected chi connectivity index (χ3v) is 2.71. The lowest BCUT2D eigenvalue weighted by Crippen LogP contribution is -1.99. The minimum atomic E-state index is -0.504. The molecule has 0 aliphatic carbocycles. The third-order valence-electron chi connectivity index (χ3n) is 2.71. The van der Waals surface area contributed by atoms with Crippen LogP contribution in [0.5, 0.6) is 5.75 Å². The van der Waals surface area contributed by atoms with Gasteiger partial charge in [0.05, 0.1) is 12.7 Å². The number of hydrogen-bond acceptors (Lipinski definition) is 3. The summed E-state index contributed by atoms with van der Waals surface area (Å²) in [5.74, 6) is 0.774. The SMILES string of the molecule is CCOc1cccc2c(C(C)O)cc(C)nc12. The smallest absolute Gasteiger partial charge is 0.145 e. The van der Waals surface area contributed by atoms with Crippen LogP contribution >= 0.6 is 0 Å². The number of aryl methyl sites for hydroxylation is 1. The van der Waals surface area contributed by atoms with E-state index in [1.807, 2.05) is 38.1 Å². The van der Waals surface area contributed by atoms with Crippen LogP contribution in [0.1, 0.15) is 31.2 Å². The molecule has 0 spiro atoms. The van der Waals surface area contributed by atoms with Crippen molar-refractivity contribution in [2.24, 2.45) is 0 Å². The van der Waals surface area contributed by atoms with Crippen LogP contribution in [0.4, 0.5) is 0 Å². The number of benzene rings is 1. The number of rotatable bonds is 3. The number of aromatic nitrogens is 1. The van der Waals surface area contributed by atoms with Crippen molar-refractivity contribution in [3.8, 4) is 5.75 Å². The number of aliphatic hydroxyl groups is 1. The molecule has 2 aromatic rings. The molecule has 0 fully saturated rings. The Labute approximate surface area is 101 Å². The van der Waals surface area contributed by atoms with Crippen molar-refractivity contribution in [1.29, 1.82) is 0 Å². The second-order valence-electron chi connectivity index (χ2n) is 4.11. The highest BCUT2D eigenvalue weighted by molar-refractivity contribution is 5.87. The van der Waals surface area contributed by atoms with Gasteiger partial charge in [0, 0.05) is 11.1 Å². The van der Waals surface area contributed by atoms with Gasteiger partial charge in [-0.1, -0.05) is 12.1 Å². The Balaban J connectivity index is 2.73. The molecule has 90 valence electrons. The quantitative estimate of drug-likeness (QED) is 0.883. The van der Waals surface area contributed by atoms with Crippen molar-refractivity contribution in [3.63, 3.8) is 0 Å². The first kappa shape index (κ1) is 11.9. The lowest BCUT2D eigenvalue weighted by Gasteiger charge is -2.13. The summed E-state index contributed by atoms with van der Waals surface area (Å²) in [4.78, 5) is 4.50. The summed E-state index contributed by atoms with van der Waals surface area (Å²) in [6, 6.07) is 7.72. The summed E-state index contributed by atoms with van der Waals surface area (Å²) in [6.07, 6.45) is -0.504. The maximum absolute atomic E-state index is 9.80. The van der Waals surface area contributed by atoms with Crippen LogP contribution in [0.3, 0.4) is 0 Å². The monoisotopic (exact) mass is 231 g/mol. The molecule has 1 aromatic heterocycles. The molecule has 0 aliphatic rings. The molecule has 1 unspecified atom stereocenters. The summed E-state index contributed by atoms with van der Waals surface area (Å²) in [5, 5.41) is 10.8. The zero-order valence-electron chi connectivity index (χ0n) is 10.4. The maximum atomic E-state index is 9.80. The molecule has 3 heteroatoms. The molecule has 1 N–H and O–H groups in total. The van der Waals surface area contributed by atoms with E-state index in [0.29, 0.717) is 6.61 Å². The van der Waals surface area contributed by atoms with Crippen molar-refractivity contribution < 1.29 is 9.84 Å². The van der Waals surface area contributed by atoms with Gasteiger partial charge in [0.1, 0.15) is 11.3 Å². The molecule has 3 nitrogen and oxygen atoms in total. The number of pyridine rings is 1. The van der Waals surface area contributed by atoms with E-state index < -0.39 is 6.10 Å². The largest absolute Gasteiger partial charge is 0.492 e. The predicted octanol–water partition coefficient (Wildman–Crippen LogP) is 3.00. The average molecular weight is 231 g/mol. The normalized spacial score (nSPS) is 12.7. The predicted molar refractivity (Wildman–Crippen MR) is 68.3 cm³/mol. The summed E-state index contributed by atoms with van der Waals surface area (Å²) in [5.41, 5.74) is 2.61. The Morgan fingerprint density at radius 2 is 2.18 bits per heavy atom. The Kier molecular flexibility index (Phi) is 3.29. The van der Waals surface area contributed by atoms with Gasteiger partial charge in [-0.05, 0) is 38.5 Å². The number of nitrogens with zero attached hydrogens (tertiary/aromatic N) is 1. The molecule has 1 heterocycles. The van der Waals surface area contributed by atoms with Gasteiger partial charge in [-0.3, -0.25) is 0 Å². The van der Waals surface area contributed by atoms with E-state index >= 15 is 0 Å². The molecular formula is C14H17NO2. The number of ether oxygens (including phenoxy) is 1. The van der Waals surface area contributed by atoms with Crippen LogP contribution < -0.4 is 4.74 Å². The van der Waals surface area contributed by atoms with Crippen LogP contribution in [-0.4, -0.2) is 16.7 Å². The van der Waals surface area contributed by atoms with Gasteiger partial charge in [-0.15, -0.1) is 0 Å². The van der Waals surface area contributed by atoms with Gasteiger partial charge in [-0.2, -0.15) is 0 Å². The molecule has 0 radical (unpaired) electrons. The van der Waals surface area contributed by atoms with Crippen LogP contribution in [0.15, 0.2) is 24.3 Å². The first-order valence-corrected chi connectivity index (χ1v) is 5.84. The molecule has 0 aliphatic heterocycles. The second-order valence-corrected chi connectivity index (χ2v) is 4.11. The van der Waals surface area contributed by atoms with Gasteiger partial charge in [0.25, 0.3) is 0 Å². The molecule has 0 amide bonds. The van der Waals surface area contributed by atoms with Crippen LogP contribution in [-0.2, 0) is 0 Å². The molecule has 17 heavy (non-hydrogen) atoms. The van der Waals surface area contributed by atoms with E-state index in [-0.39, 0.29) is 0 Å². The second kappa shape index (κ2) is 4.72. The van der Waals surface area contributed by atoms with Gasteiger partial charge in [0.2, 0.25) is 0 Å². The topological polar surface area (TPSA) is 42.4 Å². The van der Waals surface area contributed by atoms with Crippen molar-refractivity contribution in [2.45, 2.75) is 26.9 Å². The van der Waals surface area contributed by atoms with E-state index in [9.17, 15) is 5.11 Å². The van der Waals surface area contributed by atoms with E-state index in [0.717, 1.165) is 27.9 Å². The fourth-order valence-corrected chi connectivity index (χ4v) is 2.00. The summed E-state index contributed by atoms with van der Waals surface area (Å²) in [7, 11) is 0. The van der Waals surface area contributed by atoms with Crippen LogP contribution in [0, 0.1) is 6.92 Å². The fraction of sp³-hybridized carbons (Fsp3) is 0.357. The van der Waals surface area contributed by atoms with Crippen molar-refractivity contribution in [3.05, 3.63) is 35.5 Å². The van der Waals surface area contributed by atoms with E-state index in [1.54, 1.807) is 6.92 Å². The Bertz CT molecular complexity index is 535. The van der Waals surface area contributed by atoms with E-state index in [4.69, 9.17) is 4.74 Å². The Morgan fingerprint density at radius 1 is 1.41 bits per heavy atom. The average Bonchev–Trinajstić information content (AvgIpc) is 2.29. The third kappa shape index (κ3) is 2.24. The summed E-state index contributed by atoms with van der Waals surface area (Å²) >= 11 is 0. The van der Waals surface area contributed by atoms with Gasteiger partial charge < -0.3 is 9.84 Å². The lowest BCUT2D eigenvalue weighted by atomic mass is 10.0. The molecule has 1 aromatic carbocycles. The number of fused-ring (bicyclic) bond motifs is 1. The molecule has 0 saturated heterocycles. The maximum Gasteiger partial charge on any atom is 0.145 e. The summed E-state index contributed by atoms with van der Waals surface area (Å²) in [6.45, 7) is 6.25. The first-order chi connectivity index (χ1) is 8.13. The highest BCUT2D eigenvalue weighted by Gasteiger charge is 2.11. The van der Waals surface area contributed by atoms with Crippen LogP contribution in [0.2, 0.25) is 0 Å².